The van der Waals surface area contributed by atoms with Crippen molar-refractivity contribution in [1.82, 2.24) is 10.6 Å². The van der Waals surface area contributed by atoms with Crippen molar-refractivity contribution in [3.63, 3.8) is 0 Å². The van der Waals surface area contributed by atoms with E-state index in [-0.39, 0.29) is 5.82 Å². The van der Waals surface area contributed by atoms with Crippen LogP contribution in [0.15, 0.2) is 24.3 Å². The average Bonchev–Trinajstić information content (AvgIpc) is 2.35. The minimum Gasteiger partial charge on any atom is -0.480 e. The van der Waals surface area contributed by atoms with Gasteiger partial charge in [0, 0.05) is 6.54 Å². The molecule has 104 valence electrons. The second kappa shape index (κ2) is 7.35. The second-order valence-corrected chi connectivity index (χ2v) is 4.08. The third kappa shape index (κ3) is 5.37. The topological polar surface area (TPSA) is 78.4 Å². The van der Waals surface area contributed by atoms with Crippen LogP contribution in [-0.2, 0) is 11.2 Å². The zero-order chi connectivity index (χ0) is 14.3. The number of hydrogen-bond acceptors (Lipinski definition) is 2. The Hall–Kier alpha value is -2.11. The molecule has 0 spiro atoms. The van der Waals surface area contributed by atoms with Crippen LogP contribution in [0.4, 0.5) is 9.18 Å². The lowest BCUT2D eigenvalue weighted by Crippen LogP contribution is -2.46. The quantitative estimate of drug-likeness (QED) is 0.732. The highest BCUT2D eigenvalue weighted by molar-refractivity contribution is 5.82. The van der Waals surface area contributed by atoms with Gasteiger partial charge in [-0.3, -0.25) is 0 Å². The van der Waals surface area contributed by atoms with Crippen molar-refractivity contribution in [2.45, 2.75) is 25.8 Å². The van der Waals surface area contributed by atoms with Gasteiger partial charge in [0.1, 0.15) is 11.9 Å². The van der Waals surface area contributed by atoms with Gasteiger partial charge in [0.15, 0.2) is 0 Å². The highest BCUT2D eigenvalue weighted by atomic mass is 19.1. The molecule has 0 radical (unpaired) electrons. The van der Waals surface area contributed by atoms with Crippen molar-refractivity contribution >= 4 is 12.0 Å². The van der Waals surface area contributed by atoms with Crippen molar-refractivity contribution in [3.05, 3.63) is 35.6 Å². The van der Waals surface area contributed by atoms with Crippen LogP contribution in [0.25, 0.3) is 0 Å². The molecule has 1 aromatic carbocycles. The maximum absolute atomic E-state index is 12.9. The van der Waals surface area contributed by atoms with Gasteiger partial charge < -0.3 is 15.7 Å². The summed E-state index contributed by atoms with van der Waals surface area (Å²) in [4.78, 5) is 22.1. The number of carboxylic acids is 1. The first kappa shape index (κ1) is 14.9. The van der Waals surface area contributed by atoms with Crippen LogP contribution in [-0.4, -0.2) is 29.7 Å². The van der Waals surface area contributed by atoms with E-state index in [1.54, 1.807) is 19.1 Å². The fourth-order valence-corrected chi connectivity index (χ4v) is 1.56. The van der Waals surface area contributed by atoms with Gasteiger partial charge in [0.25, 0.3) is 0 Å². The van der Waals surface area contributed by atoms with Gasteiger partial charge >= 0.3 is 12.0 Å². The Balaban J connectivity index is 2.33. The van der Waals surface area contributed by atoms with Crippen LogP contribution in [0.2, 0.25) is 0 Å². The molecule has 0 fully saturated rings. The van der Waals surface area contributed by atoms with E-state index in [1.165, 1.54) is 12.1 Å². The number of carbonyl (C=O) groups excluding carboxylic acids is 1. The largest absolute Gasteiger partial charge is 0.480 e. The number of carbonyl (C=O) groups is 2. The first-order chi connectivity index (χ1) is 9.02. The SMILES string of the molecule is CCC(NC(=O)NCCc1cccc(F)c1)C(=O)O. The zero-order valence-electron chi connectivity index (χ0n) is 10.6. The fraction of sp³-hybridized carbons (Fsp3) is 0.385. The molecule has 0 aliphatic heterocycles. The van der Waals surface area contributed by atoms with E-state index in [0.29, 0.717) is 19.4 Å². The number of carboxylic acid groups (broad SMARTS) is 1. The predicted octanol–water partition coefficient (Wildman–Crippen LogP) is 1.53. The Morgan fingerprint density at radius 1 is 1.42 bits per heavy atom. The molecule has 19 heavy (non-hydrogen) atoms. The van der Waals surface area contributed by atoms with E-state index in [1.807, 2.05) is 0 Å². The molecule has 0 heterocycles. The van der Waals surface area contributed by atoms with Gasteiger partial charge in [-0.1, -0.05) is 19.1 Å². The maximum atomic E-state index is 12.9. The Kier molecular flexibility index (Phi) is 5.78. The summed E-state index contributed by atoms with van der Waals surface area (Å²) in [7, 11) is 0. The van der Waals surface area contributed by atoms with Crippen LogP contribution in [0.5, 0.6) is 0 Å². The summed E-state index contributed by atoms with van der Waals surface area (Å²) in [5.74, 6) is -1.39. The van der Waals surface area contributed by atoms with Gasteiger partial charge in [-0.2, -0.15) is 0 Å². The normalized spacial score (nSPS) is 11.7. The van der Waals surface area contributed by atoms with E-state index in [0.717, 1.165) is 5.56 Å². The third-order valence-electron chi connectivity index (χ3n) is 2.60. The number of benzene rings is 1. The smallest absolute Gasteiger partial charge is 0.326 e. The molecule has 1 unspecified atom stereocenters. The van der Waals surface area contributed by atoms with E-state index < -0.39 is 18.0 Å². The van der Waals surface area contributed by atoms with Crippen LogP contribution < -0.4 is 10.6 Å². The lowest BCUT2D eigenvalue weighted by molar-refractivity contribution is -0.139. The lowest BCUT2D eigenvalue weighted by atomic mass is 10.1. The summed E-state index contributed by atoms with van der Waals surface area (Å²) in [5.41, 5.74) is 0.769. The van der Waals surface area contributed by atoms with Gasteiger partial charge in [0.2, 0.25) is 0 Å². The van der Waals surface area contributed by atoms with Gasteiger partial charge in [-0.05, 0) is 30.5 Å². The highest BCUT2D eigenvalue weighted by Crippen LogP contribution is 2.03. The first-order valence-corrected chi connectivity index (χ1v) is 6.04. The number of rotatable bonds is 6. The van der Waals surface area contributed by atoms with Gasteiger partial charge in [-0.25, -0.2) is 14.0 Å². The molecule has 0 aliphatic rings. The van der Waals surface area contributed by atoms with Crippen molar-refractivity contribution in [2.24, 2.45) is 0 Å². The molecule has 5 nitrogen and oxygen atoms in total. The number of hydrogen-bond donors (Lipinski definition) is 3. The van der Waals surface area contributed by atoms with E-state index in [9.17, 15) is 14.0 Å². The number of aliphatic carboxylic acids is 1. The van der Waals surface area contributed by atoms with Crippen molar-refractivity contribution in [2.75, 3.05) is 6.54 Å². The molecule has 1 rings (SSSR count). The fourth-order valence-electron chi connectivity index (χ4n) is 1.56. The minimum atomic E-state index is -1.07. The zero-order valence-corrected chi connectivity index (χ0v) is 10.6. The molecule has 2 amide bonds. The van der Waals surface area contributed by atoms with E-state index >= 15 is 0 Å². The summed E-state index contributed by atoms with van der Waals surface area (Å²) in [6, 6.07) is 4.67. The molecular formula is C13H17FN2O3. The molecule has 0 saturated heterocycles. The molecule has 0 bridgehead atoms. The molecular weight excluding hydrogens is 251 g/mol. The predicted molar refractivity (Wildman–Crippen MR) is 68.4 cm³/mol. The minimum absolute atomic E-state index is 0.311. The number of amides is 2. The lowest BCUT2D eigenvalue weighted by Gasteiger charge is -2.13. The van der Waals surface area contributed by atoms with Crippen molar-refractivity contribution in [3.8, 4) is 0 Å². The van der Waals surface area contributed by atoms with Gasteiger partial charge in [0.05, 0.1) is 0 Å². The average molecular weight is 268 g/mol. The van der Waals surface area contributed by atoms with Crippen LogP contribution >= 0.6 is 0 Å². The molecule has 0 aliphatic carbocycles. The van der Waals surface area contributed by atoms with E-state index in [2.05, 4.69) is 10.6 Å². The molecule has 3 N–H and O–H groups in total. The summed E-state index contributed by atoms with van der Waals surface area (Å²) in [6.45, 7) is 1.98. The summed E-state index contributed by atoms with van der Waals surface area (Å²) >= 11 is 0. The maximum Gasteiger partial charge on any atom is 0.326 e. The van der Waals surface area contributed by atoms with Crippen LogP contribution in [0, 0.1) is 5.82 Å². The molecule has 0 saturated carbocycles. The van der Waals surface area contributed by atoms with Crippen LogP contribution in [0.1, 0.15) is 18.9 Å². The Morgan fingerprint density at radius 2 is 2.16 bits per heavy atom. The second-order valence-electron chi connectivity index (χ2n) is 4.08. The summed E-state index contributed by atoms with van der Waals surface area (Å²) in [5, 5.41) is 13.6. The molecule has 0 aromatic heterocycles. The summed E-state index contributed by atoms with van der Waals surface area (Å²) in [6.07, 6.45) is 0.793. The third-order valence-corrected chi connectivity index (χ3v) is 2.60. The Bertz CT molecular complexity index is 451. The van der Waals surface area contributed by atoms with Crippen molar-refractivity contribution in [1.29, 1.82) is 0 Å². The highest BCUT2D eigenvalue weighted by Gasteiger charge is 2.16. The number of urea groups is 1. The monoisotopic (exact) mass is 268 g/mol. The Labute approximate surface area is 110 Å². The summed E-state index contributed by atoms with van der Waals surface area (Å²) < 4.78 is 12.9. The first-order valence-electron chi connectivity index (χ1n) is 6.04. The van der Waals surface area contributed by atoms with E-state index in [4.69, 9.17) is 5.11 Å². The number of halogens is 1. The molecule has 1 atom stereocenters. The standard InChI is InChI=1S/C13H17FN2O3/c1-2-11(12(17)18)16-13(19)15-7-6-9-4-3-5-10(14)8-9/h3-5,8,11H,2,6-7H2,1H3,(H,17,18)(H2,15,16,19). The van der Waals surface area contributed by atoms with Crippen LogP contribution in [0.3, 0.4) is 0 Å². The van der Waals surface area contributed by atoms with Gasteiger partial charge in [-0.15, -0.1) is 0 Å². The van der Waals surface area contributed by atoms with Crippen molar-refractivity contribution < 1.29 is 19.1 Å². The molecule has 6 heteroatoms. The Morgan fingerprint density at radius 3 is 2.74 bits per heavy atom. The molecule has 1 aromatic rings. The number of nitrogens with one attached hydrogen (secondary N) is 2.